The third kappa shape index (κ3) is 3.42. The molecule has 1 N–H and O–H groups in total. The molecule has 0 spiro atoms. The van der Waals surface area contributed by atoms with E-state index in [1.54, 1.807) is 29.3 Å². The van der Waals surface area contributed by atoms with E-state index in [1.807, 2.05) is 30.5 Å². The first-order valence-corrected chi connectivity index (χ1v) is 7.54. The van der Waals surface area contributed by atoms with Crippen molar-refractivity contribution in [1.29, 1.82) is 0 Å². The first-order chi connectivity index (χ1) is 10.7. The number of aromatic nitrogens is 4. The van der Waals surface area contributed by atoms with E-state index in [2.05, 4.69) is 19.8 Å². The molecule has 0 aliphatic carbocycles. The van der Waals surface area contributed by atoms with E-state index >= 15 is 0 Å². The Hall–Kier alpha value is -2.42. The first-order valence-electron chi connectivity index (χ1n) is 6.46. The van der Waals surface area contributed by atoms with Gasteiger partial charge in [-0.1, -0.05) is 6.07 Å². The summed E-state index contributed by atoms with van der Waals surface area (Å²) in [6.07, 6.45) is 6.97. The fourth-order valence-corrected chi connectivity index (χ4v) is 2.22. The van der Waals surface area contributed by atoms with Gasteiger partial charge in [0.2, 0.25) is 0 Å². The van der Waals surface area contributed by atoms with Crippen molar-refractivity contribution in [3.05, 3.63) is 60.8 Å². The molecule has 3 aromatic heterocycles. The highest BCUT2D eigenvalue weighted by molar-refractivity contribution is 7.77. The topological polar surface area (TPSA) is 95.8 Å². The Kier molecular flexibility index (Phi) is 4.33. The van der Waals surface area contributed by atoms with Crippen molar-refractivity contribution in [2.75, 3.05) is 0 Å². The highest BCUT2D eigenvalue weighted by atomic mass is 32.2. The van der Waals surface area contributed by atoms with Gasteiger partial charge in [0.25, 0.3) is 0 Å². The molecule has 0 saturated carbocycles. The third-order valence-electron chi connectivity index (χ3n) is 2.97. The second-order valence-corrected chi connectivity index (χ2v) is 5.21. The minimum absolute atomic E-state index is 0.153. The van der Waals surface area contributed by atoms with Crippen LogP contribution in [0.4, 0.5) is 0 Å². The number of nitrogens with one attached hydrogen (secondary N) is 1. The molecule has 0 fully saturated rings. The van der Waals surface area contributed by atoms with Crippen LogP contribution in [0.3, 0.4) is 0 Å². The van der Waals surface area contributed by atoms with Crippen molar-refractivity contribution in [2.45, 2.75) is 6.54 Å². The van der Waals surface area contributed by atoms with Gasteiger partial charge < -0.3 is 4.55 Å². The number of hydrogen-bond donors (Lipinski definition) is 1. The van der Waals surface area contributed by atoms with Crippen molar-refractivity contribution < 1.29 is 8.76 Å². The van der Waals surface area contributed by atoms with E-state index in [0.717, 1.165) is 16.9 Å². The summed E-state index contributed by atoms with van der Waals surface area (Å²) in [7, 11) is 0. The lowest BCUT2D eigenvalue weighted by Crippen LogP contribution is -2.16. The maximum Gasteiger partial charge on any atom is 0.0828 e. The fraction of sp³-hybridized carbons (Fsp3) is 0.0714. The molecule has 8 heteroatoms. The van der Waals surface area contributed by atoms with Gasteiger partial charge in [0.1, 0.15) is 0 Å². The molecule has 0 amide bonds. The molecule has 7 nitrogen and oxygen atoms in total. The smallest absolute Gasteiger partial charge is 0.0828 e. The van der Waals surface area contributed by atoms with Crippen LogP contribution in [0.2, 0.25) is 0 Å². The van der Waals surface area contributed by atoms with E-state index in [0.29, 0.717) is 5.69 Å². The van der Waals surface area contributed by atoms with Crippen molar-refractivity contribution >= 4 is 11.3 Å². The summed E-state index contributed by atoms with van der Waals surface area (Å²) >= 11 is -2.30. The molecule has 3 aromatic rings. The number of rotatable bonds is 5. The summed E-state index contributed by atoms with van der Waals surface area (Å²) in [6.45, 7) is 0.153. The molecule has 22 heavy (non-hydrogen) atoms. The lowest BCUT2D eigenvalue weighted by atomic mass is 10.2. The number of hydrogen-bond acceptors (Lipinski definition) is 5. The predicted octanol–water partition coefficient (Wildman–Crippen LogP) is 1.21. The predicted molar refractivity (Wildman–Crippen MR) is 80.3 cm³/mol. The van der Waals surface area contributed by atoms with Crippen molar-refractivity contribution in [2.24, 2.45) is 0 Å². The summed E-state index contributed by atoms with van der Waals surface area (Å²) in [5, 5.41) is 4.29. The zero-order valence-electron chi connectivity index (χ0n) is 11.4. The van der Waals surface area contributed by atoms with Crippen LogP contribution >= 0.6 is 0 Å². The largest absolute Gasteiger partial charge is 0.760 e. The van der Waals surface area contributed by atoms with Gasteiger partial charge in [-0.2, -0.15) is 5.10 Å². The highest BCUT2D eigenvalue weighted by Crippen LogP contribution is 2.18. The van der Waals surface area contributed by atoms with Gasteiger partial charge in [-0.25, -0.2) is 9.40 Å². The Labute approximate surface area is 129 Å². The third-order valence-corrected chi connectivity index (χ3v) is 3.35. The molecule has 1 unspecified atom stereocenters. The van der Waals surface area contributed by atoms with E-state index in [9.17, 15) is 8.76 Å². The van der Waals surface area contributed by atoms with Gasteiger partial charge in [-0.3, -0.25) is 14.2 Å². The molecule has 0 radical (unpaired) electrons. The lowest BCUT2D eigenvalue weighted by Gasteiger charge is -2.07. The van der Waals surface area contributed by atoms with E-state index in [-0.39, 0.29) is 6.54 Å². The monoisotopic (exact) mass is 314 g/mol. The molecule has 3 rings (SSSR count). The average Bonchev–Trinajstić information content (AvgIpc) is 3.04. The second-order valence-electron chi connectivity index (χ2n) is 4.45. The van der Waals surface area contributed by atoms with Crippen LogP contribution in [0, 0.1) is 0 Å². The van der Waals surface area contributed by atoms with Gasteiger partial charge in [-0.05, 0) is 24.3 Å². The van der Waals surface area contributed by atoms with Gasteiger partial charge in [-0.15, -0.1) is 0 Å². The van der Waals surface area contributed by atoms with Gasteiger partial charge >= 0.3 is 0 Å². The second kappa shape index (κ2) is 6.56. The van der Waals surface area contributed by atoms with Crippen LogP contribution in [-0.2, 0) is 17.8 Å². The number of pyridine rings is 2. The van der Waals surface area contributed by atoms with Crippen molar-refractivity contribution in [1.82, 2.24) is 24.5 Å². The average molecular weight is 314 g/mol. The van der Waals surface area contributed by atoms with Gasteiger partial charge in [0, 0.05) is 35.8 Å². The van der Waals surface area contributed by atoms with Crippen LogP contribution in [0.5, 0.6) is 0 Å². The number of nitrogens with zero attached hydrogens (tertiary/aromatic N) is 4. The Morgan fingerprint density at radius 3 is 2.91 bits per heavy atom. The van der Waals surface area contributed by atoms with Crippen LogP contribution in [0.15, 0.2) is 55.1 Å². The first kappa shape index (κ1) is 14.5. The summed E-state index contributed by atoms with van der Waals surface area (Å²) in [5.41, 5.74) is 3.06. The molecule has 0 aromatic carbocycles. The summed E-state index contributed by atoms with van der Waals surface area (Å²) in [4.78, 5) is 8.47. The fourth-order valence-electron chi connectivity index (χ4n) is 1.96. The standard InChI is InChI=1S/C14H13N5O2S/c20-22(21)17-8-12-3-1-5-14(18-12)11-7-16-19(10-11)13-4-2-6-15-9-13/h1-7,9-10,17H,8H2,(H,20,21)/p-1. The molecule has 0 aliphatic rings. The molecule has 0 bridgehead atoms. The van der Waals surface area contributed by atoms with Gasteiger partial charge in [0.15, 0.2) is 0 Å². The summed E-state index contributed by atoms with van der Waals surface area (Å²) in [5.74, 6) is 0. The zero-order chi connectivity index (χ0) is 15.4. The minimum Gasteiger partial charge on any atom is -0.760 e. The normalized spacial score (nSPS) is 12.2. The molecule has 112 valence electrons. The Bertz CT molecular complexity index is 791. The van der Waals surface area contributed by atoms with Crippen molar-refractivity contribution in [3.63, 3.8) is 0 Å². The Morgan fingerprint density at radius 1 is 1.23 bits per heavy atom. The van der Waals surface area contributed by atoms with Crippen LogP contribution < -0.4 is 4.72 Å². The van der Waals surface area contributed by atoms with Crippen LogP contribution in [0.1, 0.15) is 5.69 Å². The SMILES string of the molecule is O=S([O-])NCc1cccc(-c2cnn(-c3cccnc3)c2)n1. The molecular formula is C14H12N5O2S-. The zero-order valence-corrected chi connectivity index (χ0v) is 12.2. The quantitative estimate of drug-likeness (QED) is 0.714. The maximum absolute atomic E-state index is 10.5. The molecule has 1 atom stereocenters. The summed E-state index contributed by atoms with van der Waals surface area (Å²) in [6, 6.07) is 9.18. The van der Waals surface area contributed by atoms with E-state index < -0.39 is 11.3 Å². The van der Waals surface area contributed by atoms with E-state index in [4.69, 9.17) is 0 Å². The molecule has 0 aliphatic heterocycles. The highest BCUT2D eigenvalue weighted by Gasteiger charge is 2.05. The van der Waals surface area contributed by atoms with Crippen LogP contribution in [0.25, 0.3) is 16.9 Å². The Balaban J connectivity index is 1.84. The summed E-state index contributed by atoms with van der Waals surface area (Å²) < 4.78 is 25.1. The lowest BCUT2D eigenvalue weighted by molar-refractivity contribution is 0.522. The molecule has 3 heterocycles. The minimum atomic E-state index is -2.30. The van der Waals surface area contributed by atoms with E-state index in [1.165, 1.54) is 0 Å². The van der Waals surface area contributed by atoms with Gasteiger partial charge in [0.05, 0.1) is 29.5 Å². The molecular weight excluding hydrogens is 302 g/mol. The maximum atomic E-state index is 10.5. The van der Waals surface area contributed by atoms with Crippen molar-refractivity contribution in [3.8, 4) is 16.9 Å². The Morgan fingerprint density at radius 2 is 2.14 bits per heavy atom. The molecule has 0 saturated heterocycles. The van der Waals surface area contributed by atoms with Crippen LogP contribution in [-0.4, -0.2) is 28.5 Å².